The normalized spacial score (nSPS) is 15.2. The molecule has 31 heavy (non-hydrogen) atoms. The second-order valence-corrected chi connectivity index (χ2v) is 9.61. The number of anilines is 1. The molecule has 3 N–H and O–H groups in total. The molecule has 170 valence electrons. The predicted octanol–water partition coefficient (Wildman–Crippen LogP) is 4.23. The van der Waals surface area contributed by atoms with Gasteiger partial charge in [0.2, 0.25) is 0 Å². The molecule has 1 fully saturated rings. The van der Waals surface area contributed by atoms with Crippen LogP contribution >= 0.6 is 35.3 Å². The average molecular weight is 556 g/mol. The van der Waals surface area contributed by atoms with Crippen LogP contribution in [0, 0.1) is 0 Å². The number of carbonyl (C=O) groups excluding carboxylic acids is 1. The van der Waals surface area contributed by atoms with Crippen molar-refractivity contribution in [2.75, 3.05) is 25.0 Å². The molecular weight excluding hydrogens is 521 g/mol. The van der Waals surface area contributed by atoms with Gasteiger partial charge in [0.1, 0.15) is 0 Å². The first-order valence-electron chi connectivity index (χ1n) is 10.5. The number of halogens is 1. The Morgan fingerprint density at radius 1 is 1.19 bits per heavy atom. The maximum absolute atomic E-state index is 12.4. The molecule has 0 spiro atoms. The minimum atomic E-state index is -0.254. The zero-order valence-corrected chi connectivity index (χ0v) is 21.9. The summed E-state index contributed by atoms with van der Waals surface area (Å²) in [4.78, 5) is 19.2. The van der Waals surface area contributed by atoms with Gasteiger partial charge in [-0.15, -0.1) is 35.3 Å². The SMILES string of the molecule is CN=C(NCc1cccc(C(=O)NC(C)(C)C)c1)NC1CCN(c2cccs2)CC1.I. The summed E-state index contributed by atoms with van der Waals surface area (Å²) in [6.07, 6.45) is 2.17. The molecule has 1 aliphatic rings. The first-order valence-corrected chi connectivity index (χ1v) is 11.4. The molecule has 1 aliphatic heterocycles. The Kier molecular flexibility index (Phi) is 9.61. The third-order valence-corrected chi connectivity index (χ3v) is 5.94. The lowest BCUT2D eigenvalue weighted by molar-refractivity contribution is 0.0919. The van der Waals surface area contributed by atoms with Crippen LogP contribution in [0.4, 0.5) is 5.00 Å². The van der Waals surface area contributed by atoms with E-state index in [0.717, 1.165) is 37.5 Å². The number of hydrogen-bond donors (Lipinski definition) is 3. The Hall–Kier alpha value is -1.81. The number of thiophene rings is 1. The topological polar surface area (TPSA) is 68.8 Å². The molecular formula is C23H34IN5OS. The summed E-state index contributed by atoms with van der Waals surface area (Å²) in [5, 5.41) is 13.4. The zero-order valence-electron chi connectivity index (χ0n) is 18.8. The maximum Gasteiger partial charge on any atom is 0.251 e. The monoisotopic (exact) mass is 555 g/mol. The van der Waals surface area contributed by atoms with Crippen molar-refractivity contribution in [3.05, 3.63) is 52.9 Å². The van der Waals surface area contributed by atoms with Crippen molar-refractivity contribution in [1.29, 1.82) is 0 Å². The lowest BCUT2D eigenvalue weighted by atomic mass is 10.1. The summed E-state index contributed by atoms with van der Waals surface area (Å²) in [7, 11) is 1.79. The number of amides is 1. The van der Waals surface area contributed by atoms with E-state index in [-0.39, 0.29) is 35.4 Å². The summed E-state index contributed by atoms with van der Waals surface area (Å²) in [5.41, 5.74) is 1.47. The van der Waals surface area contributed by atoms with Gasteiger partial charge in [-0.05, 0) is 68.8 Å². The number of aliphatic imine (C=N–C) groups is 1. The Labute approximate surface area is 206 Å². The third kappa shape index (κ3) is 7.99. The second kappa shape index (κ2) is 11.7. The van der Waals surface area contributed by atoms with Gasteiger partial charge in [-0.25, -0.2) is 0 Å². The summed E-state index contributed by atoms with van der Waals surface area (Å²) < 4.78 is 0. The summed E-state index contributed by atoms with van der Waals surface area (Å²) >= 11 is 1.80. The minimum absolute atomic E-state index is 0. The highest BCUT2D eigenvalue weighted by atomic mass is 127. The second-order valence-electron chi connectivity index (χ2n) is 8.69. The first-order chi connectivity index (χ1) is 14.3. The summed E-state index contributed by atoms with van der Waals surface area (Å²) in [6.45, 7) is 8.68. The molecule has 0 bridgehead atoms. The van der Waals surface area contributed by atoms with Crippen molar-refractivity contribution in [2.45, 2.75) is 51.7 Å². The van der Waals surface area contributed by atoms with E-state index in [0.29, 0.717) is 18.2 Å². The van der Waals surface area contributed by atoms with E-state index in [2.05, 4.69) is 43.4 Å². The number of benzene rings is 1. The van der Waals surface area contributed by atoms with Crippen molar-refractivity contribution in [1.82, 2.24) is 16.0 Å². The van der Waals surface area contributed by atoms with Crippen LogP contribution in [0.5, 0.6) is 0 Å². The highest BCUT2D eigenvalue weighted by Gasteiger charge is 2.21. The predicted molar refractivity (Wildman–Crippen MR) is 142 cm³/mol. The van der Waals surface area contributed by atoms with Crippen molar-refractivity contribution in [3.63, 3.8) is 0 Å². The highest BCUT2D eigenvalue weighted by Crippen LogP contribution is 2.24. The summed E-state index contributed by atoms with van der Waals surface area (Å²) in [5.74, 6) is 0.749. The fourth-order valence-electron chi connectivity index (χ4n) is 3.50. The smallest absolute Gasteiger partial charge is 0.251 e. The zero-order chi connectivity index (χ0) is 21.6. The molecule has 2 heterocycles. The third-order valence-electron chi connectivity index (χ3n) is 5.01. The van der Waals surface area contributed by atoms with Crippen LogP contribution in [0.25, 0.3) is 0 Å². The molecule has 0 aliphatic carbocycles. The van der Waals surface area contributed by atoms with Gasteiger partial charge in [0.25, 0.3) is 5.91 Å². The molecule has 3 rings (SSSR count). The quantitative estimate of drug-likeness (QED) is 0.294. The molecule has 1 saturated heterocycles. The lowest BCUT2D eigenvalue weighted by Crippen LogP contribution is -2.48. The van der Waals surface area contributed by atoms with E-state index in [1.807, 2.05) is 45.0 Å². The molecule has 1 amide bonds. The fourth-order valence-corrected chi connectivity index (χ4v) is 4.29. The van der Waals surface area contributed by atoms with Gasteiger partial charge in [0.15, 0.2) is 5.96 Å². The van der Waals surface area contributed by atoms with Crippen molar-refractivity contribution in [2.24, 2.45) is 4.99 Å². The van der Waals surface area contributed by atoms with E-state index in [9.17, 15) is 4.79 Å². The van der Waals surface area contributed by atoms with Gasteiger partial charge >= 0.3 is 0 Å². The molecule has 1 aromatic carbocycles. The van der Waals surface area contributed by atoms with Crippen LogP contribution in [0.3, 0.4) is 0 Å². The van der Waals surface area contributed by atoms with Crippen molar-refractivity contribution in [3.8, 4) is 0 Å². The Bertz CT molecular complexity index is 855. The number of carbonyl (C=O) groups is 1. The number of guanidine groups is 1. The van der Waals surface area contributed by atoms with Gasteiger partial charge in [-0.2, -0.15) is 0 Å². The van der Waals surface area contributed by atoms with Crippen LogP contribution in [0.15, 0.2) is 46.8 Å². The van der Waals surface area contributed by atoms with Crippen LogP contribution in [-0.2, 0) is 6.54 Å². The van der Waals surface area contributed by atoms with E-state index in [4.69, 9.17) is 0 Å². The van der Waals surface area contributed by atoms with E-state index >= 15 is 0 Å². The number of rotatable bonds is 5. The van der Waals surface area contributed by atoms with Gasteiger partial charge in [0, 0.05) is 43.8 Å². The van der Waals surface area contributed by atoms with Gasteiger partial charge < -0.3 is 20.9 Å². The largest absolute Gasteiger partial charge is 0.363 e. The highest BCUT2D eigenvalue weighted by molar-refractivity contribution is 14.0. The van der Waals surface area contributed by atoms with Crippen LogP contribution in [-0.4, -0.2) is 43.6 Å². The lowest BCUT2D eigenvalue weighted by Gasteiger charge is -2.33. The van der Waals surface area contributed by atoms with E-state index < -0.39 is 0 Å². The Morgan fingerprint density at radius 2 is 1.94 bits per heavy atom. The molecule has 2 aromatic rings. The van der Waals surface area contributed by atoms with Gasteiger partial charge in [0.05, 0.1) is 5.00 Å². The molecule has 0 atom stereocenters. The standard InChI is InChI=1S/C23H33N5OS.HI/c1-23(2,3)27-21(29)18-8-5-7-17(15-18)16-25-22(24-4)26-19-10-12-28(13-11-19)20-9-6-14-30-20;/h5-9,14-15,19H,10-13,16H2,1-4H3,(H,27,29)(H2,24,25,26);1H. The Balaban J connectivity index is 0.00000341. The number of piperidine rings is 1. The van der Waals surface area contributed by atoms with E-state index in [1.54, 1.807) is 18.4 Å². The maximum atomic E-state index is 12.4. The number of nitrogens with zero attached hydrogens (tertiary/aromatic N) is 2. The Morgan fingerprint density at radius 3 is 2.55 bits per heavy atom. The number of nitrogens with one attached hydrogen (secondary N) is 3. The van der Waals surface area contributed by atoms with Gasteiger partial charge in [-0.1, -0.05) is 12.1 Å². The van der Waals surface area contributed by atoms with Crippen LogP contribution in [0.1, 0.15) is 49.5 Å². The van der Waals surface area contributed by atoms with E-state index in [1.165, 1.54) is 5.00 Å². The molecule has 6 nitrogen and oxygen atoms in total. The molecule has 0 radical (unpaired) electrons. The van der Waals surface area contributed by atoms with Crippen LogP contribution < -0.4 is 20.9 Å². The molecule has 0 unspecified atom stereocenters. The average Bonchev–Trinajstić information content (AvgIpc) is 3.25. The van der Waals surface area contributed by atoms with Crippen molar-refractivity contribution >= 4 is 52.2 Å². The fraction of sp³-hybridized carbons (Fsp3) is 0.478. The van der Waals surface area contributed by atoms with Crippen molar-refractivity contribution < 1.29 is 4.79 Å². The van der Waals surface area contributed by atoms with Gasteiger partial charge in [-0.3, -0.25) is 9.79 Å². The molecule has 1 aromatic heterocycles. The van der Waals surface area contributed by atoms with Crippen LogP contribution in [0.2, 0.25) is 0 Å². The number of hydrogen-bond acceptors (Lipinski definition) is 4. The first kappa shape index (κ1) is 25.5. The summed E-state index contributed by atoms with van der Waals surface area (Å²) in [6, 6.07) is 12.4. The molecule has 0 saturated carbocycles. The molecule has 8 heteroatoms. The minimum Gasteiger partial charge on any atom is -0.363 e.